The Hall–Kier alpha value is -2.00. The number of nitrogens with two attached hydrogens (primary N) is 1. The number of hydrogen-bond donors (Lipinski definition) is 1. The third-order valence-electron chi connectivity index (χ3n) is 4.12. The number of rotatable bonds is 8. The Bertz CT molecular complexity index is 571. The molecule has 0 aliphatic carbocycles. The van der Waals surface area contributed by atoms with E-state index in [1.54, 1.807) is 7.11 Å². The van der Waals surface area contributed by atoms with Crippen molar-refractivity contribution in [3.8, 4) is 11.5 Å². The highest BCUT2D eigenvalue weighted by Gasteiger charge is 2.24. The first-order chi connectivity index (χ1) is 10.7. The Balaban J connectivity index is 1.89. The van der Waals surface area contributed by atoms with Crippen molar-refractivity contribution >= 4 is 0 Å². The summed E-state index contributed by atoms with van der Waals surface area (Å²) in [6, 6.07) is 18.2. The molecule has 0 aliphatic heterocycles. The molecule has 1 atom stereocenters. The van der Waals surface area contributed by atoms with Gasteiger partial charge in [-0.1, -0.05) is 49.4 Å². The second-order valence-electron chi connectivity index (χ2n) is 5.73. The minimum Gasteiger partial charge on any atom is -0.493 e. The maximum atomic E-state index is 6.02. The molecule has 0 aliphatic rings. The first-order valence-corrected chi connectivity index (χ1v) is 7.71. The Morgan fingerprint density at radius 3 is 2.23 bits per heavy atom. The molecule has 22 heavy (non-hydrogen) atoms. The monoisotopic (exact) mass is 299 g/mol. The molecule has 0 bridgehead atoms. The maximum absolute atomic E-state index is 6.02. The fourth-order valence-electron chi connectivity index (χ4n) is 2.59. The highest BCUT2D eigenvalue weighted by atomic mass is 16.5. The summed E-state index contributed by atoms with van der Waals surface area (Å²) in [5, 5.41) is 0. The van der Waals surface area contributed by atoms with Crippen LogP contribution in [0.5, 0.6) is 11.5 Å². The van der Waals surface area contributed by atoms with Crippen molar-refractivity contribution in [3.05, 3.63) is 60.2 Å². The maximum Gasteiger partial charge on any atom is 0.161 e. The fraction of sp³-hybridized carbons (Fsp3) is 0.368. The van der Waals surface area contributed by atoms with Gasteiger partial charge < -0.3 is 15.2 Å². The average Bonchev–Trinajstić information content (AvgIpc) is 2.59. The van der Waals surface area contributed by atoms with E-state index in [0.717, 1.165) is 24.3 Å². The van der Waals surface area contributed by atoms with Crippen LogP contribution in [0.15, 0.2) is 54.6 Å². The fourth-order valence-corrected chi connectivity index (χ4v) is 2.59. The van der Waals surface area contributed by atoms with E-state index in [1.807, 2.05) is 30.3 Å². The molecule has 2 rings (SSSR count). The number of hydrogen-bond acceptors (Lipinski definition) is 3. The van der Waals surface area contributed by atoms with Crippen LogP contribution in [0.1, 0.15) is 25.3 Å². The number of ether oxygens (including phenoxy) is 2. The van der Waals surface area contributed by atoms with E-state index in [-0.39, 0.29) is 5.41 Å². The summed E-state index contributed by atoms with van der Waals surface area (Å²) in [6.07, 6.45) is 1.93. The Labute approximate surface area is 133 Å². The minimum atomic E-state index is -0.00854. The van der Waals surface area contributed by atoms with Crippen LogP contribution in [0.4, 0.5) is 0 Å². The molecular weight excluding hydrogens is 274 g/mol. The Morgan fingerprint density at radius 1 is 0.955 bits per heavy atom. The van der Waals surface area contributed by atoms with Crippen LogP contribution in [0.2, 0.25) is 0 Å². The lowest BCUT2D eigenvalue weighted by atomic mass is 9.79. The van der Waals surface area contributed by atoms with Crippen LogP contribution in [0.3, 0.4) is 0 Å². The molecular formula is C19H25NO2. The van der Waals surface area contributed by atoms with Crippen molar-refractivity contribution in [1.29, 1.82) is 0 Å². The summed E-state index contributed by atoms with van der Waals surface area (Å²) in [5.41, 5.74) is 7.30. The molecule has 0 aromatic heterocycles. The van der Waals surface area contributed by atoms with Gasteiger partial charge in [0.15, 0.2) is 11.5 Å². The second kappa shape index (κ2) is 7.85. The van der Waals surface area contributed by atoms with Gasteiger partial charge in [-0.25, -0.2) is 0 Å². The second-order valence-corrected chi connectivity index (χ2v) is 5.73. The standard InChI is InChI=1S/C19H25NO2/c1-19(15-20,16-9-4-3-5-10-16)13-8-14-22-18-12-7-6-11-17(18)21-2/h3-7,9-12H,8,13-15,20H2,1-2H3. The summed E-state index contributed by atoms with van der Waals surface area (Å²) >= 11 is 0. The van der Waals surface area contributed by atoms with Crippen LogP contribution >= 0.6 is 0 Å². The van der Waals surface area contributed by atoms with E-state index < -0.39 is 0 Å². The molecule has 2 aromatic carbocycles. The predicted octanol–water partition coefficient (Wildman–Crippen LogP) is 3.77. The van der Waals surface area contributed by atoms with E-state index in [1.165, 1.54) is 5.56 Å². The quantitative estimate of drug-likeness (QED) is 0.755. The third kappa shape index (κ3) is 4.01. The normalized spacial score (nSPS) is 13.4. The zero-order chi connectivity index (χ0) is 15.8. The molecule has 2 N–H and O–H groups in total. The predicted molar refractivity (Wildman–Crippen MR) is 90.6 cm³/mol. The van der Waals surface area contributed by atoms with Gasteiger partial charge in [0.1, 0.15) is 0 Å². The Morgan fingerprint density at radius 2 is 1.59 bits per heavy atom. The van der Waals surface area contributed by atoms with Crippen LogP contribution < -0.4 is 15.2 Å². The Kier molecular flexibility index (Phi) is 5.84. The summed E-state index contributed by atoms with van der Waals surface area (Å²) < 4.78 is 11.1. The number of benzene rings is 2. The van der Waals surface area contributed by atoms with Crippen molar-refractivity contribution in [2.24, 2.45) is 5.73 Å². The molecule has 0 amide bonds. The summed E-state index contributed by atoms with van der Waals surface area (Å²) in [4.78, 5) is 0. The van der Waals surface area contributed by atoms with Gasteiger partial charge in [0.05, 0.1) is 13.7 Å². The van der Waals surface area contributed by atoms with E-state index in [4.69, 9.17) is 15.2 Å². The smallest absolute Gasteiger partial charge is 0.161 e. The zero-order valence-electron chi connectivity index (χ0n) is 13.4. The zero-order valence-corrected chi connectivity index (χ0v) is 13.4. The first-order valence-electron chi connectivity index (χ1n) is 7.71. The first kappa shape index (κ1) is 16.4. The number of methoxy groups -OCH3 is 1. The molecule has 0 spiro atoms. The van der Waals surface area contributed by atoms with Gasteiger partial charge in [-0.05, 0) is 30.5 Å². The molecule has 118 valence electrons. The van der Waals surface area contributed by atoms with Gasteiger partial charge >= 0.3 is 0 Å². The van der Waals surface area contributed by atoms with Crippen LogP contribution in [0, 0.1) is 0 Å². The molecule has 3 heteroatoms. The van der Waals surface area contributed by atoms with Crippen molar-refractivity contribution in [1.82, 2.24) is 0 Å². The van der Waals surface area contributed by atoms with Gasteiger partial charge in [-0.2, -0.15) is 0 Å². The lowest BCUT2D eigenvalue weighted by molar-refractivity contribution is 0.271. The van der Waals surface area contributed by atoms with Gasteiger partial charge in [-0.3, -0.25) is 0 Å². The molecule has 2 aromatic rings. The molecule has 3 nitrogen and oxygen atoms in total. The topological polar surface area (TPSA) is 44.5 Å². The van der Waals surface area contributed by atoms with E-state index >= 15 is 0 Å². The van der Waals surface area contributed by atoms with Crippen molar-refractivity contribution in [3.63, 3.8) is 0 Å². The molecule has 0 saturated heterocycles. The molecule has 0 heterocycles. The summed E-state index contributed by atoms with van der Waals surface area (Å²) in [7, 11) is 1.66. The molecule has 0 saturated carbocycles. The molecule has 1 unspecified atom stereocenters. The van der Waals surface area contributed by atoms with Gasteiger partial charge in [0.25, 0.3) is 0 Å². The van der Waals surface area contributed by atoms with Crippen LogP contribution in [-0.4, -0.2) is 20.3 Å². The van der Waals surface area contributed by atoms with E-state index in [2.05, 4.69) is 31.2 Å². The third-order valence-corrected chi connectivity index (χ3v) is 4.12. The van der Waals surface area contributed by atoms with Crippen molar-refractivity contribution in [2.45, 2.75) is 25.2 Å². The number of para-hydroxylation sites is 2. The van der Waals surface area contributed by atoms with E-state index in [9.17, 15) is 0 Å². The van der Waals surface area contributed by atoms with Gasteiger partial charge in [0.2, 0.25) is 0 Å². The van der Waals surface area contributed by atoms with Crippen LogP contribution in [0.25, 0.3) is 0 Å². The molecule has 0 radical (unpaired) electrons. The van der Waals surface area contributed by atoms with E-state index in [0.29, 0.717) is 13.2 Å². The highest BCUT2D eigenvalue weighted by molar-refractivity contribution is 5.39. The van der Waals surface area contributed by atoms with Gasteiger partial charge in [-0.15, -0.1) is 0 Å². The summed E-state index contributed by atoms with van der Waals surface area (Å²) in [5.74, 6) is 1.56. The highest BCUT2D eigenvalue weighted by Crippen LogP contribution is 2.29. The largest absolute Gasteiger partial charge is 0.493 e. The lowest BCUT2D eigenvalue weighted by Crippen LogP contribution is -2.32. The summed E-state index contributed by atoms with van der Waals surface area (Å²) in [6.45, 7) is 3.50. The lowest BCUT2D eigenvalue weighted by Gasteiger charge is -2.28. The van der Waals surface area contributed by atoms with Gasteiger partial charge in [0, 0.05) is 12.0 Å². The van der Waals surface area contributed by atoms with Crippen LogP contribution in [-0.2, 0) is 5.41 Å². The van der Waals surface area contributed by atoms with Crippen molar-refractivity contribution in [2.75, 3.05) is 20.3 Å². The minimum absolute atomic E-state index is 0.00854. The molecule has 0 fully saturated rings. The average molecular weight is 299 g/mol. The SMILES string of the molecule is COc1ccccc1OCCCC(C)(CN)c1ccccc1. The van der Waals surface area contributed by atoms with Crippen molar-refractivity contribution < 1.29 is 9.47 Å².